The van der Waals surface area contributed by atoms with E-state index in [-0.39, 0.29) is 12.0 Å². The molecule has 0 aliphatic carbocycles. The van der Waals surface area contributed by atoms with Crippen molar-refractivity contribution in [2.45, 2.75) is 32.8 Å². The Morgan fingerprint density at radius 2 is 1.95 bits per heavy atom. The van der Waals surface area contributed by atoms with Gasteiger partial charge in [-0.2, -0.15) is 0 Å². The molecule has 0 bridgehead atoms. The standard InChI is InChI=1S/C16H17F2NO/c1-3-11-4-5-12(19-9-11)7-16(20)13-6-10(2)14(17)8-15(13)18/h4-6,8-9,16,20H,3,7H2,1-2H3. The first kappa shape index (κ1) is 14.6. The minimum atomic E-state index is -1.03. The molecule has 1 atom stereocenters. The second-order valence-corrected chi connectivity index (χ2v) is 4.85. The van der Waals surface area contributed by atoms with Crippen molar-refractivity contribution >= 4 is 0 Å². The van der Waals surface area contributed by atoms with E-state index < -0.39 is 17.7 Å². The molecule has 20 heavy (non-hydrogen) atoms. The fraction of sp³-hybridized carbons (Fsp3) is 0.312. The number of hydrogen-bond donors (Lipinski definition) is 1. The van der Waals surface area contributed by atoms with Crippen LogP contribution in [0.2, 0.25) is 0 Å². The molecule has 0 aliphatic rings. The van der Waals surface area contributed by atoms with E-state index >= 15 is 0 Å². The van der Waals surface area contributed by atoms with E-state index in [9.17, 15) is 13.9 Å². The number of aliphatic hydroxyl groups is 1. The monoisotopic (exact) mass is 277 g/mol. The van der Waals surface area contributed by atoms with Gasteiger partial charge in [-0.3, -0.25) is 4.98 Å². The number of halogens is 2. The minimum Gasteiger partial charge on any atom is -0.388 e. The molecule has 0 fully saturated rings. The van der Waals surface area contributed by atoms with Gasteiger partial charge in [0.2, 0.25) is 0 Å². The van der Waals surface area contributed by atoms with Crippen LogP contribution in [0.5, 0.6) is 0 Å². The largest absolute Gasteiger partial charge is 0.388 e. The van der Waals surface area contributed by atoms with Crippen LogP contribution in [-0.2, 0) is 12.8 Å². The van der Waals surface area contributed by atoms with Crippen molar-refractivity contribution in [3.05, 3.63) is 64.5 Å². The first-order valence-corrected chi connectivity index (χ1v) is 6.58. The molecule has 0 saturated heterocycles. The third-order valence-corrected chi connectivity index (χ3v) is 3.33. The number of aromatic nitrogens is 1. The molecular formula is C16H17F2NO. The van der Waals surface area contributed by atoms with Crippen LogP contribution in [0.25, 0.3) is 0 Å². The Kier molecular flexibility index (Phi) is 4.45. The zero-order valence-corrected chi connectivity index (χ0v) is 11.5. The number of hydrogen-bond acceptors (Lipinski definition) is 2. The van der Waals surface area contributed by atoms with Crippen LogP contribution in [0.1, 0.15) is 35.4 Å². The van der Waals surface area contributed by atoms with Gasteiger partial charge in [0, 0.05) is 29.9 Å². The van der Waals surface area contributed by atoms with Gasteiger partial charge in [-0.25, -0.2) is 8.78 Å². The third kappa shape index (κ3) is 3.20. The van der Waals surface area contributed by atoms with Gasteiger partial charge in [0.05, 0.1) is 6.10 Å². The number of pyridine rings is 1. The molecule has 1 aromatic carbocycles. The second-order valence-electron chi connectivity index (χ2n) is 4.85. The predicted molar refractivity (Wildman–Crippen MR) is 73.4 cm³/mol. The van der Waals surface area contributed by atoms with Crippen LogP contribution in [0, 0.1) is 18.6 Å². The van der Waals surface area contributed by atoms with E-state index in [0.717, 1.165) is 18.1 Å². The summed E-state index contributed by atoms with van der Waals surface area (Å²) in [5.74, 6) is -1.34. The van der Waals surface area contributed by atoms with Crippen LogP contribution in [0.4, 0.5) is 8.78 Å². The van der Waals surface area contributed by atoms with Gasteiger partial charge in [0.1, 0.15) is 11.6 Å². The smallest absolute Gasteiger partial charge is 0.131 e. The lowest BCUT2D eigenvalue weighted by molar-refractivity contribution is 0.172. The van der Waals surface area contributed by atoms with Crippen molar-refractivity contribution in [2.75, 3.05) is 0 Å². The van der Waals surface area contributed by atoms with Gasteiger partial charge in [-0.05, 0) is 36.6 Å². The van der Waals surface area contributed by atoms with Crippen LogP contribution in [0.15, 0.2) is 30.5 Å². The van der Waals surface area contributed by atoms with Crippen LogP contribution in [0.3, 0.4) is 0 Å². The molecule has 0 aliphatic heterocycles. The summed E-state index contributed by atoms with van der Waals surface area (Å²) in [6.07, 6.45) is 1.80. The molecule has 2 rings (SSSR count). The second kappa shape index (κ2) is 6.09. The SMILES string of the molecule is CCc1ccc(CC(O)c2cc(C)c(F)cc2F)nc1. The Labute approximate surface area is 117 Å². The van der Waals surface area contributed by atoms with Crippen LogP contribution >= 0.6 is 0 Å². The highest BCUT2D eigenvalue weighted by atomic mass is 19.1. The van der Waals surface area contributed by atoms with Gasteiger partial charge in [0.25, 0.3) is 0 Å². The van der Waals surface area contributed by atoms with Gasteiger partial charge in [-0.1, -0.05) is 13.0 Å². The summed E-state index contributed by atoms with van der Waals surface area (Å²) in [5, 5.41) is 10.1. The number of aliphatic hydroxyl groups excluding tert-OH is 1. The molecule has 0 radical (unpaired) electrons. The fourth-order valence-corrected chi connectivity index (χ4v) is 2.03. The maximum Gasteiger partial charge on any atom is 0.131 e. The van der Waals surface area contributed by atoms with Crippen molar-refractivity contribution in [2.24, 2.45) is 0 Å². The number of aryl methyl sites for hydroxylation is 2. The summed E-state index contributed by atoms with van der Waals surface area (Å²) in [5.41, 5.74) is 2.20. The lowest BCUT2D eigenvalue weighted by Crippen LogP contribution is -2.07. The van der Waals surface area contributed by atoms with Gasteiger partial charge in [0.15, 0.2) is 0 Å². The lowest BCUT2D eigenvalue weighted by atomic mass is 10.0. The number of benzene rings is 1. The van der Waals surface area contributed by atoms with E-state index in [4.69, 9.17) is 0 Å². The Hall–Kier alpha value is -1.81. The van der Waals surface area contributed by atoms with Crippen molar-refractivity contribution in [3.8, 4) is 0 Å². The Morgan fingerprint density at radius 3 is 2.55 bits per heavy atom. The molecule has 2 aromatic rings. The van der Waals surface area contributed by atoms with E-state index in [1.165, 1.54) is 6.07 Å². The molecule has 1 heterocycles. The van der Waals surface area contributed by atoms with Gasteiger partial charge in [-0.15, -0.1) is 0 Å². The van der Waals surface area contributed by atoms with Gasteiger partial charge < -0.3 is 5.11 Å². The summed E-state index contributed by atoms with van der Waals surface area (Å²) in [6.45, 7) is 3.57. The van der Waals surface area contributed by atoms with E-state index in [2.05, 4.69) is 4.98 Å². The Morgan fingerprint density at radius 1 is 1.20 bits per heavy atom. The van der Waals surface area contributed by atoms with Crippen molar-refractivity contribution < 1.29 is 13.9 Å². The van der Waals surface area contributed by atoms with Crippen LogP contribution < -0.4 is 0 Å². The maximum absolute atomic E-state index is 13.7. The summed E-state index contributed by atoms with van der Waals surface area (Å²) in [7, 11) is 0. The average Bonchev–Trinajstić information content (AvgIpc) is 2.43. The number of rotatable bonds is 4. The Balaban J connectivity index is 2.18. The molecule has 0 amide bonds. The highest BCUT2D eigenvalue weighted by Gasteiger charge is 2.16. The molecule has 106 valence electrons. The molecule has 2 nitrogen and oxygen atoms in total. The topological polar surface area (TPSA) is 33.1 Å². The summed E-state index contributed by atoms with van der Waals surface area (Å²) < 4.78 is 26.9. The van der Waals surface area contributed by atoms with Crippen molar-refractivity contribution in [1.29, 1.82) is 0 Å². The highest BCUT2D eigenvalue weighted by Crippen LogP contribution is 2.23. The summed E-state index contributed by atoms with van der Waals surface area (Å²) in [6, 6.07) is 5.90. The third-order valence-electron chi connectivity index (χ3n) is 3.33. The zero-order valence-electron chi connectivity index (χ0n) is 11.5. The quantitative estimate of drug-likeness (QED) is 0.927. The zero-order chi connectivity index (χ0) is 14.7. The normalized spacial score (nSPS) is 12.4. The van der Waals surface area contributed by atoms with Crippen molar-refractivity contribution in [1.82, 2.24) is 4.98 Å². The first-order chi connectivity index (χ1) is 9.51. The molecule has 0 spiro atoms. The molecular weight excluding hydrogens is 260 g/mol. The molecule has 1 unspecified atom stereocenters. The molecule has 0 saturated carbocycles. The van der Waals surface area contributed by atoms with Crippen LogP contribution in [-0.4, -0.2) is 10.1 Å². The summed E-state index contributed by atoms with van der Waals surface area (Å²) >= 11 is 0. The Bertz CT molecular complexity index is 596. The van der Waals surface area contributed by atoms with E-state index in [1.807, 2.05) is 19.1 Å². The van der Waals surface area contributed by atoms with E-state index in [1.54, 1.807) is 13.1 Å². The molecule has 4 heteroatoms. The highest BCUT2D eigenvalue weighted by molar-refractivity contribution is 5.28. The maximum atomic E-state index is 13.7. The average molecular weight is 277 g/mol. The van der Waals surface area contributed by atoms with E-state index in [0.29, 0.717) is 11.3 Å². The first-order valence-electron chi connectivity index (χ1n) is 6.58. The number of nitrogens with zero attached hydrogens (tertiary/aromatic N) is 1. The fourth-order valence-electron chi connectivity index (χ4n) is 2.03. The molecule has 1 aromatic heterocycles. The predicted octanol–water partition coefficient (Wildman–Crippen LogP) is 3.51. The van der Waals surface area contributed by atoms with Crippen molar-refractivity contribution in [3.63, 3.8) is 0 Å². The minimum absolute atomic E-state index is 0.102. The van der Waals surface area contributed by atoms with Gasteiger partial charge >= 0.3 is 0 Å². The lowest BCUT2D eigenvalue weighted by Gasteiger charge is -2.13. The summed E-state index contributed by atoms with van der Waals surface area (Å²) in [4.78, 5) is 4.23. The molecule has 1 N–H and O–H groups in total.